The first kappa shape index (κ1) is 13.0. The van der Waals surface area contributed by atoms with Crippen LogP contribution < -0.4 is 0 Å². The van der Waals surface area contributed by atoms with Crippen molar-refractivity contribution in [3.05, 3.63) is 59.7 Å². The van der Waals surface area contributed by atoms with E-state index in [1.165, 1.54) is 30.7 Å². The van der Waals surface area contributed by atoms with E-state index in [4.69, 9.17) is 5.21 Å². The molecule has 1 aromatic carbocycles. The monoisotopic (exact) mass is 267 g/mol. The highest BCUT2D eigenvalue weighted by atomic mass is 19.4. The molecule has 0 amide bonds. The largest absolute Gasteiger partial charge is 0.416 e. The van der Waals surface area contributed by atoms with Crippen molar-refractivity contribution < 1.29 is 18.4 Å². The summed E-state index contributed by atoms with van der Waals surface area (Å²) in [6.45, 7) is 0. The summed E-state index contributed by atoms with van der Waals surface area (Å²) < 4.78 is 37.8. The van der Waals surface area contributed by atoms with Crippen LogP contribution in [0.3, 0.4) is 0 Å². The van der Waals surface area contributed by atoms with Crippen LogP contribution in [-0.2, 0) is 6.18 Å². The summed E-state index contributed by atoms with van der Waals surface area (Å²) in [5, 5.41) is 12.0. The molecule has 4 nitrogen and oxygen atoms in total. The van der Waals surface area contributed by atoms with Crippen molar-refractivity contribution in [3.63, 3.8) is 0 Å². The summed E-state index contributed by atoms with van der Waals surface area (Å²) >= 11 is 0. The Balaban J connectivity index is 2.47. The molecule has 1 heterocycles. The maximum absolute atomic E-state index is 12.6. The standard InChI is InChI=1S/C12H8F3N3O/c13-12(14,15)9-3-1-2-8(6-9)11(18-19)10-7-16-4-5-17-10/h1-7,19H/b18-11+. The second kappa shape index (κ2) is 5.05. The summed E-state index contributed by atoms with van der Waals surface area (Å²) in [6, 6.07) is 4.47. The van der Waals surface area contributed by atoms with E-state index >= 15 is 0 Å². The zero-order valence-electron chi connectivity index (χ0n) is 9.46. The Kier molecular flexibility index (Phi) is 3.46. The van der Waals surface area contributed by atoms with Gasteiger partial charge in [0.15, 0.2) is 0 Å². The van der Waals surface area contributed by atoms with Crippen molar-refractivity contribution in [1.82, 2.24) is 9.97 Å². The molecule has 98 valence electrons. The van der Waals surface area contributed by atoms with E-state index in [0.717, 1.165) is 12.1 Å². The van der Waals surface area contributed by atoms with Crippen molar-refractivity contribution in [3.8, 4) is 0 Å². The molecule has 0 aliphatic heterocycles. The number of nitrogens with zero attached hydrogens (tertiary/aromatic N) is 3. The lowest BCUT2D eigenvalue weighted by molar-refractivity contribution is -0.137. The van der Waals surface area contributed by atoms with Crippen LogP contribution in [-0.4, -0.2) is 20.9 Å². The second-order valence-corrected chi connectivity index (χ2v) is 3.62. The molecule has 0 aliphatic rings. The highest BCUT2D eigenvalue weighted by Crippen LogP contribution is 2.29. The van der Waals surface area contributed by atoms with Crippen molar-refractivity contribution in [2.75, 3.05) is 0 Å². The highest BCUT2D eigenvalue weighted by molar-refractivity contribution is 6.11. The Morgan fingerprint density at radius 1 is 1.21 bits per heavy atom. The lowest BCUT2D eigenvalue weighted by atomic mass is 10.0. The van der Waals surface area contributed by atoms with Gasteiger partial charge in [0.05, 0.1) is 11.8 Å². The first-order valence-electron chi connectivity index (χ1n) is 5.18. The summed E-state index contributed by atoms with van der Waals surface area (Å²) in [4.78, 5) is 7.66. The maximum Gasteiger partial charge on any atom is 0.416 e. The van der Waals surface area contributed by atoms with E-state index in [0.29, 0.717) is 0 Å². The lowest BCUT2D eigenvalue weighted by Crippen LogP contribution is -2.10. The maximum atomic E-state index is 12.6. The van der Waals surface area contributed by atoms with Gasteiger partial charge in [-0.05, 0) is 12.1 Å². The minimum absolute atomic E-state index is 0.0702. The van der Waals surface area contributed by atoms with Crippen LogP contribution >= 0.6 is 0 Å². The quantitative estimate of drug-likeness (QED) is 0.517. The van der Waals surface area contributed by atoms with Gasteiger partial charge in [0, 0.05) is 18.0 Å². The molecule has 0 atom stereocenters. The van der Waals surface area contributed by atoms with E-state index in [1.54, 1.807) is 0 Å². The fraction of sp³-hybridized carbons (Fsp3) is 0.0833. The van der Waals surface area contributed by atoms with E-state index in [2.05, 4.69) is 15.1 Å². The normalized spacial score (nSPS) is 12.5. The fourth-order valence-electron chi connectivity index (χ4n) is 1.52. The minimum atomic E-state index is -4.46. The van der Waals surface area contributed by atoms with Crippen molar-refractivity contribution >= 4 is 5.71 Å². The van der Waals surface area contributed by atoms with Crippen LogP contribution in [0.25, 0.3) is 0 Å². The third-order valence-electron chi connectivity index (χ3n) is 2.37. The van der Waals surface area contributed by atoms with E-state index in [-0.39, 0.29) is 17.0 Å². The molecular weight excluding hydrogens is 259 g/mol. The SMILES string of the molecule is O/N=C(\c1cccc(C(F)(F)F)c1)c1cnccn1. The number of hydrogen-bond donors (Lipinski definition) is 1. The molecule has 1 aromatic heterocycles. The summed E-state index contributed by atoms with van der Waals surface area (Å²) in [7, 11) is 0. The number of benzene rings is 1. The van der Waals surface area contributed by atoms with Gasteiger partial charge < -0.3 is 5.21 Å². The molecule has 0 aliphatic carbocycles. The van der Waals surface area contributed by atoms with Gasteiger partial charge in [-0.2, -0.15) is 13.2 Å². The lowest BCUT2D eigenvalue weighted by Gasteiger charge is -2.09. The minimum Gasteiger partial charge on any atom is -0.410 e. The highest BCUT2D eigenvalue weighted by Gasteiger charge is 2.30. The molecule has 0 unspecified atom stereocenters. The average Bonchev–Trinajstić information content (AvgIpc) is 2.40. The number of hydrogen-bond acceptors (Lipinski definition) is 4. The van der Waals surface area contributed by atoms with Crippen LogP contribution in [0.4, 0.5) is 13.2 Å². The van der Waals surface area contributed by atoms with Gasteiger partial charge >= 0.3 is 6.18 Å². The van der Waals surface area contributed by atoms with Gasteiger partial charge in [0.25, 0.3) is 0 Å². The topological polar surface area (TPSA) is 58.4 Å². The van der Waals surface area contributed by atoms with Crippen LogP contribution in [0.15, 0.2) is 48.0 Å². The number of alkyl halides is 3. The van der Waals surface area contributed by atoms with Crippen LogP contribution in [0.1, 0.15) is 16.8 Å². The Morgan fingerprint density at radius 2 is 2.00 bits per heavy atom. The second-order valence-electron chi connectivity index (χ2n) is 3.62. The van der Waals surface area contributed by atoms with Gasteiger partial charge in [-0.1, -0.05) is 17.3 Å². The van der Waals surface area contributed by atoms with Gasteiger partial charge in [-0.15, -0.1) is 0 Å². The van der Waals surface area contributed by atoms with Crippen LogP contribution in [0.2, 0.25) is 0 Å². The zero-order chi connectivity index (χ0) is 13.9. The van der Waals surface area contributed by atoms with Crippen LogP contribution in [0, 0.1) is 0 Å². The van der Waals surface area contributed by atoms with E-state index < -0.39 is 11.7 Å². The molecule has 0 spiro atoms. The molecule has 2 aromatic rings. The van der Waals surface area contributed by atoms with Crippen molar-refractivity contribution in [2.24, 2.45) is 5.16 Å². The fourth-order valence-corrected chi connectivity index (χ4v) is 1.52. The third kappa shape index (κ3) is 2.87. The molecule has 0 saturated heterocycles. The van der Waals surface area contributed by atoms with Gasteiger partial charge in [0.2, 0.25) is 0 Å². The Bertz CT molecular complexity index is 597. The number of oxime groups is 1. The van der Waals surface area contributed by atoms with E-state index in [1.807, 2.05) is 0 Å². The zero-order valence-corrected chi connectivity index (χ0v) is 9.46. The third-order valence-corrected chi connectivity index (χ3v) is 2.37. The molecule has 19 heavy (non-hydrogen) atoms. The van der Waals surface area contributed by atoms with E-state index in [9.17, 15) is 13.2 Å². The van der Waals surface area contributed by atoms with Gasteiger partial charge in [-0.25, -0.2) is 0 Å². The Hall–Kier alpha value is -2.44. The summed E-state index contributed by atoms with van der Waals surface area (Å²) in [6.07, 6.45) is -0.396. The molecular formula is C12H8F3N3O. The molecule has 0 radical (unpaired) electrons. The number of rotatable bonds is 2. The first-order chi connectivity index (χ1) is 9.02. The summed E-state index contributed by atoms with van der Waals surface area (Å²) in [5.41, 5.74) is -0.601. The van der Waals surface area contributed by atoms with Crippen molar-refractivity contribution in [2.45, 2.75) is 6.18 Å². The first-order valence-corrected chi connectivity index (χ1v) is 5.18. The smallest absolute Gasteiger partial charge is 0.410 e. The number of halogens is 3. The van der Waals surface area contributed by atoms with Gasteiger partial charge in [-0.3, -0.25) is 9.97 Å². The Labute approximate surface area is 106 Å². The average molecular weight is 267 g/mol. The molecule has 7 heteroatoms. The van der Waals surface area contributed by atoms with Crippen LogP contribution in [0.5, 0.6) is 0 Å². The molecule has 0 fully saturated rings. The predicted octanol–water partition coefficient (Wildman–Crippen LogP) is 2.72. The molecule has 0 saturated carbocycles. The summed E-state index contributed by atoms with van der Waals surface area (Å²) in [5.74, 6) is 0. The van der Waals surface area contributed by atoms with Gasteiger partial charge in [0.1, 0.15) is 11.4 Å². The predicted molar refractivity (Wildman–Crippen MR) is 60.9 cm³/mol. The molecule has 0 bridgehead atoms. The van der Waals surface area contributed by atoms with Crippen molar-refractivity contribution in [1.29, 1.82) is 0 Å². The Morgan fingerprint density at radius 3 is 2.58 bits per heavy atom. The number of aromatic nitrogens is 2. The molecule has 2 rings (SSSR count). The molecule has 1 N–H and O–H groups in total.